The number of nitrogens with zero attached hydrogens (tertiary/aromatic N) is 1. The van der Waals surface area contributed by atoms with E-state index in [9.17, 15) is 9.18 Å². The predicted octanol–water partition coefficient (Wildman–Crippen LogP) is 1.93. The van der Waals surface area contributed by atoms with Gasteiger partial charge < -0.3 is 15.4 Å². The first kappa shape index (κ1) is 15.6. The van der Waals surface area contributed by atoms with Gasteiger partial charge in [-0.15, -0.1) is 0 Å². The Morgan fingerprint density at radius 3 is 2.53 bits per heavy atom. The molecule has 106 valence electrons. The molecule has 0 fully saturated rings. The van der Waals surface area contributed by atoms with E-state index in [0.717, 1.165) is 0 Å². The fourth-order valence-electron chi connectivity index (χ4n) is 1.58. The number of rotatable bonds is 7. The normalized spacial score (nSPS) is 10.8. The number of amides is 1. The Kier molecular flexibility index (Phi) is 6.45. The highest BCUT2D eigenvalue weighted by molar-refractivity contribution is 5.94. The zero-order valence-corrected chi connectivity index (χ0v) is 11.4. The summed E-state index contributed by atoms with van der Waals surface area (Å²) >= 11 is 0. The summed E-state index contributed by atoms with van der Waals surface area (Å²) in [5.74, 6) is -0.470. The summed E-state index contributed by atoms with van der Waals surface area (Å²) < 4.78 is 18.2. The molecular formula is C14H21FN2O2. The molecule has 0 aliphatic rings. The van der Waals surface area contributed by atoms with E-state index in [2.05, 4.69) is 0 Å². The average molecular weight is 268 g/mol. The van der Waals surface area contributed by atoms with E-state index in [-0.39, 0.29) is 24.4 Å². The largest absolute Gasteiger partial charge is 0.369 e. The molecule has 0 heterocycles. The van der Waals surface area contributed by atoms with Gasteiger partial charge in [0.15, 0.2) is 0 Å². The molecule has 1 aromatic rings. The molecule has 0 spiro atoms. The van der Waals surface area contributed by atoms with Crippen molar-refractivity contribution in [2.75, 3.05) is 24.6 Å². The zero-order valence-electron chi connectivity index (χ0n) is 11.4. The smallest absolute Gasteiger partial charge is 0.252 e. The number of nitrogens with two attached hydrogens (primary N) is 1. The van der Waals surface area contributed by atoms with Crippen LogP contribution >= 0.6 is 0 Å². The molecule has 0 aromatic heterocycles. The molecule has 1 rings (SSSR count). The lowest BCUT2D eigenvalue weighted by Gasteiger charge is -2.23. The van der Waals surface area contributed by atoms with Gasteiger partial charge in [-0.2, -0.15) is 0 Å². The monoisotopic (exact) mass is 268 g/mol. The van der Waals surface area contributed by atoms with Crippen LogP contribution in [-0.2, 0) is 9.53 Å². The molecule has 1 amide bonds. The number of benzene rings is 1. The SMILES string of the molecule is CC(C)OCC(=O)N(CCCN)c1ccc(F)cc1. The van der Waals surface area contributed by atoms with Gasteiger partial charge in [0.1, 0.15) is 12.4 Å². The third kappa shape index (κ3) is 5.36. The summed E-state index contributed by atoms with van der Waals surface area (Å²) in [5, 5.41) is 0. The van der Waals surface area contributed by atoms with Gasteiger partial charge >= 0.3 is 0 Å². The summed E-state index contributed by atoms with van der Waals surface area (Å²) in [5.41, 5.74) is 6.13. The van der Waals surface area contributed by atoms with Crippen molar-refractivity contribution >= 4 is 11.6 Å². The van der Waals surface area contributed by atoms with E-state index < -0.39 is 0 Å². The van der Waals surface area contributed by atoms with Crippen LogP contribution < -0.4 is 10.6 Å². The van der Waals surface area contributed by atoms with Crippen molar-refractivity contribution in [1.29, 1.82) is 0 Å². The molecule has 0 aliphatic carbocycles. The molecule has 0 aliphatic heterocycles. The van der Waals surface area contributed by atoms with E-state index >= 15 is 0 Å². The van der Waals surface area contributed by atoms with Crippen LogP contribution in [0.2, 0.25) is 0 Å². The predicted molar refractivity (Wildman–Crippen MR) is 73.5 cm³/mol. The van der Waals surface area contributed by atoms with Crippen molar-refractivity contribution in [3.63, 3.8) is 0 Å². The van der Waals surface area contributed by atoms with Crippen LogP contribution in [0.4, 0.5) is 10.1 Å². The molecule has 2 N–H and O–H groups in total. The minimum Gasteiger partial charge on any atom is -0.369 e. The lowest BCUT2D eigenvalue weighted by molar-refractivity contribution is -0.124. The number of hydrogen-bond donors (Lipinski definition) is 1. The Morgan fingerprint density at radius 2 is 2.00 bits per heavy atom. The second-order valence-corrected chi connectivity index (χ2v) is 4.52. The lowest BCUT2D eigenvalue weighted by atomic mass is 10.2. The van der Waals surface area contributed by atoms with Crippen LogP contribution in [0.1, 0.15) is 20.3 Å². The van der Waals surface area contributed by atoms with Crippen molar-refractivity contribution in [3.8, 4) is 0 Å². The van der Waals surface area contributed by atoms with Crippen LogP contribution in [0.3, 0.4) is 0 Å². The maximum atomic E-state index is 12.9. The second kappa shape index (κ2) is 7.86. The zero-order chi connectivity index (χ0) is 14.3. The highest BCUT2D eigenvalue weighted by Crippen LogP contribution is 2.15. The van der Waals surface area contributed by atoms with E-state index in [4.69, 9.17) is 10.5 Å². The summed E-state index contributed by atoms with van der Waals surface area (Å²) in [7, 11) is 0. The molecule has 19 heavy (non-hydrogen) atoms. The van der Waals surface area contributed by atoms with Gasteiger partial charge in [0.05, 0.1) is 6.10 Å². The van der Waals surface area contributed by atoms with Gasteiger partial charge in [-0.3, -0.25) is 4.79 Å². The van der Waals surface area contributed by atoms with Crippen molar-refractivity contribution in [2.45, 2.75) is 26.4 Å². The van der Waals surface area contributed by atoms with Gasteiger partial charge in [0, 0.05) is 12.2 Å². The highest BCUT2D eigenvalue weighted by Gasteiger charge is 2.15. The lowest BCUT2D eigenvalue weighted by Crippen LogP contribution is -2.36. The minimum absolute atomic E-state index is 0.00599. The summed E-state index contributed by atoms with van der Waals surface area (Å²) in [6.45, 7) is 4.75. The molecular weight excluding hydrogens is 247 g/mol. The Balaban J connectivity index is 2.75. The number of hydrogen-bond acceptors (Lipinski definition) is 3. The topological polar surface area (TPSA) is 55.6 Å². The van der Waals surface area contributed by atoms with Crippen molar-refractivity contribution < 1.29 is 13.9 Å². The second-order valence-electron chi connectivity index (χ2n) is 4.52. The van der Waals surface area contributed by atoms with E-state index in [1.165, 1.54) is 12.1 Å². The fourth-order valence-corrected chi connectivity index (χ4v) is 1.58. The van der Waals surface area contributed by atoms with Crippen LogP contribution in [0.5, 0.6) is 0 Å². The van der Waals surface area contributed by atoms with Crippen molar-refractivity contribution in [2.24, 2.45) is 5.73 Å². The first-order valence-electron chi connectivity index (χ1n) is 6.42. The van der Waals surface area contributed by atoms with Gasteiger partial charge in [-0.25, -0.2) is 4.39 Å². The number of ether oxygens (including phenoxy) is 1. The molecule has 5 heteroatoms. The number of carbonyl (C=O) groups is 1. The first-order chi connectivity index (χ1) is 9.04. The average Bonchev–Trinajstić information content (AvgIpc) is 2.38. The standard InChI is InChI=1S/C14H21FN2O2/c1-11(2)19-10-14(18)17(9-3-8-16)13-6-4-12(15)5-7-13/h4-7,11H,3,8-10,16H2,1-2H3. The Bertz CT molecular complexity index is 393. The van der Waals surface area contributed by atoms with Crippen molar-refractivity contribution in [3.05, 3.63) is 30.1 Å². The van der Waals surface area contributed by atoms with E-state index in [1.807, 2.05) is 13.8 Å². The molecule has 0 bridgehead atoms. The van der Waals surface area contributed by atoms with Gasteiger partial charge in [0.2, 0.25) is 0 Å². The maximum absolute atomic E-state index is 12.9. The maximum Gasteiger partial charge on any atom is 0.252 e. The van der Waals surface area contributed by atoms with Gasteiger partial charge in [-0.1, -0.05) is 0 Å². The van der Waals surface area contributed by atoms with Crippen LogP contribution in [0, 0.1) is 5.82 Å². The molecule has 0 atom stereocenters. The van der Waals surface area contributed by atoms with E-state index in [1.54, 1.807) is 17.0 Å². The van der Waals surface area contributed by atoms with Gasteiger partial charge in [-0.05, 0) is 51.1 Å². The third-order valence-corrected chi connectivity index (χ3v) is 2.57. The van der Waals surface area contributed by atoms with Crippen LogP contribution in [-0.4, -0.2) is 31.7 Å². The number of carbonyl (C=O) groups excluding carboxylic acids is 1. The Hall–Kier alpha value is -1.46. The van der Waals surface area contributed by atoms with Crippen molar-refractivity contribution in [1.82, 2.24) is 0 Å². The Morgan fingerprint density at radius 1 is 1.37 bits per heavy atom. The third-order valence-electron chi connectivity index (χ3n) is 2.57. The molecule has 0 saturated carbocycles. The molecule has 4 nitrogen and oxygen atoms in total. The summed E-state index contributed by atoms with van der Waals surface area (Å²) in [4.78, 5) is 13.7. The number of halogens is 1. The fraction of sp³-hybridized carbons (Fsp3) is 0.500. The summed E-state index contributed by atoms with van der Waals surface area (Å²) in [6.07, 6.45) is 0.679. The molecule has 1 aromatic carbocycles. The van der Waals surface area contributed by atoms with E-state index in [0.29, 0.717) is 25.2 Å². The van der Waals surface area contributed by atoms with Crippen LogP contribution in [0.15, 0.2) is 24.3 Å². The summed E-state index contributed by atoms with van der Waals surface area (Å²) in [6, 6.07) is 5.83. The highest BCUT2D eigenvalue weighted by atomic mass is 19.1. The Labute approximate surface area is 113 Å². The molecule has 0 unspecified atom stereocenters. The van der Waals surface area contributed by atoms with Crippen LogP contribution in [0.25, 0.3) is 0 Å². The molecule has 0 radical (unpaired) electrons. The minimum atomic E-state index is -0.326. The molecule has 0 saturated heterocycles. The quantitative estimate of drug-likeness (QED) is 0.822. The van der Waals surface area contributed by atoms with Gasteiger partial charge in [0.25, 0.3) is 5.91 Å². The number of anilines is 1. The first-order valence-corrected chi connectivity index (χ1v) is 6.42.